The zero-order chi connectivity index (χ0) is 18.2. The van der Waals surface area contributed by atoms with Crippen LogP contribution >= 0.6 is 0 Å². The summed E-state index contributed by atoms with van der Waals surface area (Å²) in [5.74, 6) is 0. The highest BCUT2D eigenvalue weighted by molar-refractivity contribution is 6.03. The average Bonchev–Trinajstić information content (AvgIpc) is 2.70. The summed E-state index contributed by atoms with van der Waals surface area (Å²) in [4.78, 5) is 15.7. The van der Waals surface area contributed by atoms with E-state index in [9.17, 15) is 4.79 Å². The fourth-order valence-electron chi connectivity index (χ4n) is 3.50. The third-order valence-electron chi connectivity index (χ3n) is 5.01. The van der Waals surface area contributed by atoms with Crippen LogP contribution in [0.2, 0.25) is 0 Å². The van der Waals surface area contributed by atoms with Crippen molar-refractivity contribution in [1.29, 1.82) is 0 Å². The summed E-state index contributed by atoms with van der Waals surface area (Å²) in [5, 5.41) is 1.03. The van der Waals surface area contributed by atoms with Crippen LogP contribution in [0.3, 0.4) is 0 Å². The lowest BCUT2D eigenvalue weighted by Gasteiger charge is -2.09. The van der Waals surface area contributed by atoms with E-state index in [4.69, 9.17) is 0 Å². The number of aromatic nitrogens is 1. The third-order valence-corrected chi connectivity index (χ3v) is 5.01. The smallest absolute Gasteiger partial charge is 0.152 e. The molecule has 0 saturated carbocycles. The van der Waals surface area contributed by atoms with E-state index in [0.717, 1.165) is 29.2 Å². The second-order valence-corrected chi connectivity index (χ2v) is 6.93. The number of rotatable bonds is 9. The number of unbranched alkanes of at least 4 members (excludes halogenated alkanes) is 5. The first-order valence-electron chi connectivity index (χ1n) is 9.75. The molecule has 1 heterocycles. The minimum absolute atomic E-state index is 0.643. The van der Waals surface area contributed by atoms with Crippen molar-refractivity contribution in [2.45, 2.75) is 51.9 Å². The molecule has 0 aliphatic rings. The van der Waals surface area contributed by atoms with Crippen LogP contribution < -0.4 is 0 Å². The van der Waals surface area contributed by atoms with Crippen LogP contribution in [0, 0.1) is 0 Å². The van der Waals surface area contributed by atoms with Crippen LogP contribution in [0.15, 0.2) is 54.7 Å². The lowest BCUT2D eigenvalue weighted by atomic mass is 9.96. The Kier molecular flexibility index (Phi) is 6.54. The summed E-state index contributed by atoms with van der Waals surface area (Å²) < 4.78 is 0. The van der Waals surface area contributed by atoms with Gasteiger partial charge < -0.3 is 0 Å². The number of fused-ring (bicyclic) bond motifs is 1. The largest absolute Gasteiger partial charge is 0.298 e. The van der Waals surface area contributed by atoms with Gasteiger partial charge in [-0.05, 0) is 41.7 Å². The van der Waals surface area contributed by atoms with Crippen molar-refractivity contribution in [3.63, 3.8) is 0 Å². The molecule has 134 valence electrons. The highest BCUT2D eigenvalue weighted by Gasteiger charge is 2.08. The summed E-state index contributed by atoms with van der Waals surface area (Å²) in [5.41, 5.74) is 5.12. The number of pyridine rings is 1. The SMILES string of the molecule is CCCCCCCCc1ccc(-c2ccc(C=O)c3ncccc23)cc1. The van der Waals surface area contributed by atoms with Gasteiger partial charge in [0.05, 0.1) is 5.52 Å². The van der Waals surface area contributed by atoms with Gasteiger partial charge in [-0.1, -0.05) is 75.4 Å². The Morgan fingerprint density at radius 3 is 2.42 bits per heavy atom. The van der Waals surface area contributed by atoms with E-state index in [1.54, 1.807) is 6.20 Å². The summed E-state index contributed by atoms with van der Waals surface area (Å²) in [6.45, 7) is 2.26. The van der Waals surface area contributed by atoms with E-state index >= 15 is 0 Å². The maximum atomic E-state index is 11.3. The molecule has 0 aliphatic heterocycles. The van der Waals surface area contributed by atoms with Gasteiger partial charge in [0.2, 0.25) is 0 Å². The Balaban J connectivity index is 1.71. The normalized spacial score (nSPS) is 11.0. The third kappa shape index (κ3) is 4.37. The van der Waals surface area contributed by atoms with Gasteiger partial charge in [-0.3, -0.25) is 9.78 Å². The molecule has 0 amide bonds. The molecule has 0 N–H and O–H groups in total. The summed E-state index contributed by atoms with van der Waals surface area (Å²) in [6, 6.07) is 16.7. The zero-order valence-corrected chi connectivity index (χ0v) is 15.6. The molecule has 3 aromatic rings. The zero-order valence-electron chi connectivity index (χ0n) is 15.6. The van der Waals surface area contributed by atoms with Crippen molar-refractivity contribution in [1.82, 2.24) is 4.98 Å². The van der Waals surface area contributed by atoms with Gasteiger partial charge in [0.1, 0.15) is 0 Å². The number of aldehydes is 1. The number of hydrogen-bond donors (Lipinski definition) is 0. The maximum absolute atomic E-state index is 11.3. The Morgan fingerprint density at radius 1 is 0.885 bits per heavy atom. The molecule has 0 unspecified atom stereocenters. The minimum atomic E-state index is 0.643. The molecule has 3 rings (SSSR count). The van der Waals surface area contributed by atoms with Crippen molar-refractivity contribution in [2.24, 2.45) is 0 Å². The Morgan fingerprint density at radius 2 is 1.65 bits per heavy atom. The van der Waals surface area contributed by atoms with Crippen LogP contribution in [-0.4, -0.2) is 11.3 Å². The minimum Gasteiger partial charge on any atom is -0.298 e. The molecule has 0 fully saturated rings. The van der Waals surface area contributed by atoms with E-state index in [1.807, 2.05) is 24.3 Å². The quantitative estimate of drug-likeness (QED) is 0.322. The topological polar surface area (TPSA) is 30.0 Å². The first-order valence-corrected chi connectivity index (χ1v) is 9.75. The average molecular weight is 345 g/mol. The number of benzene rings is 2. The molecule has 1 aromatic heterocycles. The molecule has 2 heteroatoms. The van der Waals surface area contributed by atoms with Crippen molar-refractivity contribution in [3.05, 3.63) is 65.9 Å². The Labute approximate surface area is 156 Å². The predicted molar refractivity (Wildman–Crippen MR) is 110 cm³/mol. The van der Waals surface area contributed by atoms with Crippen molar-refractivity contribution in [2.75, 3.05) is 0 Å². The van der Waals surface area contributed by atoms with Gasteiger partial charge in [0, 0.05) is 17.1 Å². The van der Waals surface area contributed by atoms with Crippen molar-refractivity contribution in [3.8, 4) is 11.1 Å². The van der Waals surface area contributed by atoms with E-state index < -0.39 is 0 Å². The predicted octanol–water partition coefficient (Wildman–Crippen LogP) is 6.62. The van der Waals surface area contributed by atoms with Crippen molar-refractivity contribution < 1.29 is 4.79 Å². The molecule has 0 radical (unpaired) electrons. The van der Waals surface area contributed by atoms with Gasteiger partial charge >= 0.3 is 0 Å². The van der Waals surface area contributed by atoms with Crippen LogP contribution in [0.5, 0.6) is 0 Å². The van der Waals surface area contributed by atoms with Crippen LogP contribution in [0.4, 0.5) is 0 Å². The van der Waals surface area contributed by atoms with E-state index in [0.29, 0.717) is 5.56 Å². The second kappa shape index (κ2) is 9.28. The standard InChI is InChI=1S/C24H27NO/c1-2-3-4-5-6-7-9-19-11-13-20(14-12-19)22-16-15-21(18-26)24-23(22)10-8-17-25-24/h8,10-18H,2-7,9H2,1H3. The summed E-state index contributed by atoms with van der Waals surface area (Å²) in [6.07, 6.45) is 11.8. The van der Waals surface area contributed by atoms with Crippen LogP contribution in [-0.2, 0) is 6.42 Å². The first-order chi connectivity index (χ1) is 12.8. The maximum Gasteiger partial charge on any atom is 0.152 e. The lowest BCUT2D eigenvalue weighted by molar-refractivity contribution is 0.112. The fourth-order valence-corrected chi connectivity index (χ4v) is 3.50. The summed E-state index contributed by atoms with van der Waals surface area (Å²) in [7, 11) is 0. The molecule has 0 aliphatic carbocycles. The van der Waals surface area contributed by atoms with Gasteiger partial charge in [0.25, 0.3) is 0 Å². The number of aryl methyl sites for hydroxylation is 1. The number of hydrogen-bond acceptors (Lipinski definition) is 2. The molecule has 2 aromatic carbocycles. The van der Waals surface area contributed by atoms with Crippen LogP contribution in [0.25, 0.3) is 22.0 Å². The molecule has 0 spiro atoms. The number of carbonyl (C=O) groups is 1. The van der Waals surface area contributed by atoms with Crippen LogP contribution in [0.1, 0.15) is 61.4 Å². The molecule has 0 atom stereocenters. The molecule has 26 heavy (non-hydrogen) atoms. The molecular formula is C24H27NO. The van der Waals surface area contributed by atoms with Gasteiger partial charge in [0.15, 0.2) is 6.29 Å². The first kappa shape index (κ1) is 18.3. The fraction of sp³-hybridized carbons (Fsp3) is 0.333. The molecule has 0 bridgehead atoms. The van der Waals surface area contributed by atoms with E-state index in [-0.39, 0.29) is 0 Å². The molecular weight excluding hydrogens is 318 g/mol. The molecule has 2 nitrogen and oxygen atoms in total. The van der Waals surface area contributed by atoms with Gasteiger partial charge in [-0.15, -0.1) is 0 Å². The van der Waals surface area contributed by atoms with Gasteiger partial charge in [-0.25, -0.2) is 0 Å². The highest BCUT2D eigenvalue weighted by atomic mass is 16.1. The number of nitrogens with zero attached hydrogens (tertiary/aromatic N) is 1. The van der Waals surface area contributed by atoms with Gasteiger partial charge in [-0.2, -0.15) is 0 Å². The Bertz CT molecular complexity index is 852. The number of carbonyl (C=O) groups excluding carboxylic acids is 1. The second-order valence-electron chi connectivity index (χ2n) is 6.93. The molecule has 0 saturated heterocycles. The Hall–Kier alpha value is -2.48. The summed E-state index contributed by atoms with van der Waals surface area (Å²) >= 11 is 0. The van der Waals surface area contributed by atoms with E-state index in [1.165, 1.54) is 49.7 Å². The lowest BCUT2D eigenvalue weighted by Crippen LogP contribution is -1.91. The van der Waals surface area contributed by atoms with Crippen molar-refractivity contribution >= 4 is 17.2 Å². The van der Waals surface area contributed by atoms with E-state index in [2.05, 4.69) is 36.2 Å². The highest BCUT2D eigenvalue weighted by Crippen LogP contribution is 2.29. The monoisotopic (exact) mass is 345 g/mol.